The zero-order chi connectivity index (χ0) is 20.8. The summed E-state index contributed by atoms with van der Waals surface area (Å²) in [5.41, 5.74) is 3.29. The number of carbonyl (C=O) groups excluding carboxylic acids is 2. The molecule has 0 N–H and O–H groups in total. The number of hydrogen-bond donors (Lipinski definition) is 0. The van der Waals surface area contributed by atoms with Gasteiger partial charge in [0.25, 0.3) is 0 Å². The summed E-state index contributed by atoms with van der Waals surface area (Å²) in [5.74, 6) is 1.01. The van der Waals surface area contributed by atoms with E-state index in [4.69, 9.17) is 9.47 Å². The van der Waals surface area contributed by atoms with Gasteiger partial charge in [0.1, 0.15) is 0 Å². The van der Waals surface area contributed by atoms with Crippen molar-refractivity contribution in [3.8, 4) is 11.5 Å². The zero-order valence-corrected chi connectivity index (χ0v) is 17.4. The molecule has 2 aromatic rings. The molecule has 5 heteroatoms. The SMILES string of the molecule is CCOc1ccc(CCN2C(=O)C[C@@H](Cc3ccc(C)cc3)C2=O)cc1OCC. The minimum atomic E-state index is -0.260. The van der Waals surface area contributed by atoms with E-state index in [0.717, 1.165) is 11.1 Å². The van der Waals surface area contributed by atoms with E-state index in [1.165, 1.54) is 10.5 Å². The van der Waals surface area contributed by atoms with Crippen molar-refractivity contribution < 1.29 is 19.1 Å². The Hall–Kier alpha value is -2.82. The molecule has 1 atom stereocenters. The maximum absolute atomic E-state index is 12.8. The van der Waals surface area contributed by atoms with E-state index in [2.05, 4.69) is 0 Å². The Bertz CT molecular complexity index is 860. The molecule has 1 fully saturated rings. The van der Waals surface area contributed by atoms with Crippen LogP contribution in [0.5, 0.6) is 11.5 Å². The molecule has 0 unspecified atom stereocenters. The summed E-state index contributed by atoms with van der Waals surface area (Å²) in [7, 11) is 0. The summed E-state index contributed by atoms with van der Waals surface area (Å²) in [5, 5.41) is 0. The average Bonchev–Trinajstić information content (AvgIpc) is 2.97. The Morgan fingerprint density at radius 2 is 1.59 bits per heavy atom. The number of ether oxygens (including phenoxy) is 2. The molecule has 0 bridgehead atoms. The van der Waals surface area contributed by atoms with Gasteiger partial charge in [0.05, 0.1) is 19.1 Å². The van der Waals surface area contributed by atoms with Crippen LogP contribution < -0.4 is 9.47 Å². The molecule has 3 rings (SSSR count). The molecule has 1 saturated heterocycles. The number of imide groups is 1. The topological polar surface area (TPSA) is 55.8 Å². The lowest BCUT2D eigenvalue weighted by molar-refractivity contribution is -0.139. The van der Waals surface area contributed by atoms with Gasteiger partial charge in [-0.25, -0.2) is 0 Å². The standard InChI is InChI=1S/C24H29NO4/c1-4-28-21-11-10-19(15-22(21)29-5-2)12-13-25-23(26)16-20(24(25)27)14-18-8-6-17(3)7-9-18/h6-11,15,20H,4-5,12-14,16H2,1-3H3/t20-/m1/s1. The van der Waals surface area contributed by atoms with E-state index in [1.807, 2.05) is 63.2 Å². The van der Waals surface area contributed by atoms with Crippen LogP contribution in [0, 0.1) is 12.8 Å². The van der Waals surface area contributed by atoms with Gasteiger partial charge in [-0.15, -0.1) is 0 Å². The minimum Gasteiger partial charge on any atom is -0.490 e. The maximum Gasteiger partial charge on any atom is 0.233 e. The van der Waals surface area contributed by atoms with E-state index < -0.39 is 0 Å². The molecule has 2 aromatic carbocycles. The summed E-state index contributed by atoms with van der Waals surface area (Å²) in [6, 6.07) is 13.9. The number of nitrogens with zero attached hydrogens (tertiary/aromatic N) is 1. The molecule has 5 nitrogen and oxygen atoms in total. The van der Waals surface area contributed by atoms with Gasteiger partial charge in [-0.05, 0) is 56.9 Å². The molecular formula is C24H29NO4. The highest BCUT2D eigenvalue weighted by Crippen LogP contribution is 2.29. The van der Waals surface area contributed by atoms with Crippen LogP contribution in [0.25, 0.3) is 0 Å². The lowest BCUT2D eigenvalue weighted by Gasteiger charge is -2.16. The van der Waals surface area contributed by atoms with Crippen LogP contribution in [0.1, 0.15) is 37.0 Å². The molecule has 1 aliphatic heterocycles. The van der Waals surface area contributed by atoms with Crippen molar-refractivity contribution in [3.63, 3.8) is 0 Å². The fourth-order valence-corrected chi connectivity index (χ4v) is 3.65. The number of amides is 2. The molecule has 154 valence electrons. The first-order valence-corrected chi connectivity index (χ1v) is 10.3. The molecule has 0 aromatic heterocycles. The van der Waals surface area contributed by atoms with Crippen LogP contribution in [-0.2, 0) is 22.4 Å². The summed E-state index contributed by atoms with van der Waals surface area (Å²) in [4.78, 5) is 26.6. The third-order valence-electron chi connectivity index (χ3n) is 5.17. The van der Waals surface area contributed by atoms with Crippen molar-refractivity contribution in [2.24, 2.45) is 5.92 Å². The van der Waals surface area contributed by atoms with Crippen molar-refractivity contribution in [2.75, 3.05) is 19.8 Å². The second-order valence-electron chi connectivity index (χ2n) is 7.37. The minimum absolute atomic E-state index is 0.0634. The molecule has 1 aliphatic rings. The third-order valence-corrected chi connectivity index (χ3v) is 5.17. The van der Waals surface area contributed by atoms with E-state index in [0.29, 0.717) is 50.5 Å². The van der Waals surface area contributed by atoms with Crippen LogP contribution in [0.3, 0.4) is 0 Å². The van der Waals surface area contributed by atoms with Gasteiger partial charge in [-0.2, -0.15) is 0 Å². The monoisotopic (exact) mass is 395 g/mol. The van der Waals surface area contributed by atoms with Crippen LogP contribution in [0.4, 0.5) is 0 Å². The third kappa shape index (κ3) is 5.17. The number of likely N-dealkylation sites (tertiary alicyclic amines) is 1. The number of rotatable bonds is 9. The second-order valence-corrected chi connectivity index (χ2v) is 7.37. The summed E-state index contributed by atoms with van der Waals surface area (Å²) in [6.07, 6.45) is 1.50. The Balaban J connectivity index is 1.63. The fourth-order valence-electron chi connectivity index (χ4n) is 3.65. The van der Waals surface area contributed by atoms with E-state index in [9.17, 15) is 9.59 Å². The molecule has 0 spiro atoms. The highest BCUT2D eigenvalue weighted by Gasteiger charge is 2.37. The molecule has 2 amide bonds. The first-order valence-electron chi connectivity index (χ1n) is 10.3. The maximum atomic E-state index is 12.8. The summed E-state index contributed by atoms with van der Waals surface area (Å²) in [6.45, 7) is 7.40. The Morgan fingerprint density at radius 1 is 0.931 bits per heavy atom. The van der Waals surface area contributed by atoms with Crippen LogP contribution in [0.15, 0.2) is 42.5 Å². The van der Waals surface area contributed by atoms with Gasteiger partial charge in [0.2, 0.25) is 11.8 Å². The highest BCUT2D eigenvalue weighted by molar-refractivity contribution is 6.03. The molecule has 29 heavy (non-hydrogen) atoms. The summed E-state index contributed by atoms with van der Waals surface area (Å²) >= 11 is 0. The van der Waals surface area contributed by atoms with Crippen LogP contribution in [0.2, 0.25) is 0 Å². The van der Waals surface area contributed by atoms with Crippen molar-refractivity contribution in [1.82, 2.24) is 4.90 Å². The van der Waals surface area contributed by atoms with Crippen molar-refractivity contribution in [2.45, 2.75) is 40.0 Å². The van der Waals surface area contributed by atoms with Gasteiger partial charge in [0.15, 0.2) is 11.5 Å². The van der Waals surface area contributed by atoms with E-state index >= 15 is 0 Å². The van der Waals surface area contributed by atoms with Crippen molar-refractivity contribution in [1.29, 1.82) is 0 Å². The molecule has 1 heterocycles. The Labute approximate surface area is 172 Å². The van der Waals surface area contributed by atoms with E-state index in [1.54, 1.807) is 0 Å². The van der Waals surface area contributed by atoms with Gasteiger partial charge < -0.3 is 9.47 Å². The smallest absolute Gasteiger partial charge is 0.233 e. The fraction of sp³-hybridized carbons (Fsp3) is 0.417. The van der Waals surface area contributed by atoms with Gasteiger partial charge in [-0.1, -0.05) is 35.9 Å². The molecule has 0 aliphatic carbocycles. The predicted molar refractivity (Wildman–Crippen MR) is 112 cm³/mol. The quantitative estimate of drug-likeness (QED) is 0.603. The predicted octanol–water partition coefficient (Wildman–Crippen LogP) is 3.95. The number of hydrogen-bond acceptors (Lipinski definition) is 4. The van der Waals surface area contributed by atoms with Gasteiger partial charge in [-0.3, -0.25) is 14.5 Å². The van der Waals surface area contributed by atoms with Crippen LogP contribution in [-0.4, -0.2) is 36.5 Å². The van der Waals surface area contributed by atoms with Gasteiger partial charge >= 0.3 is 0 Å². The first-order chi connectivity index (χ1) is 14.0. The molecule has 0 saturated carbocycles. The summed E-state index contributed by atoms with van der Waals surface area (Å²) < 4.78 is 11.3. The normalized spacial score (nSPS) is 16.4. The number of carbonyl (C=O) groups is 2. The highest BCUT2D eigenvalue weighted by atomic mass is 16.5. The van der Waals surface area contributed by atoms with Crippen LogP contribution >= 0.6 is 0 Å². The Kier molecular flexibility index (Phi) is 6.91. The lowest BCUT2D eigenvalue weighted by Crippen LogP contribution is -2.33. The van der Waals surface area contributed by atoms with Gasteiger partial charge in [0, 0.05) is 13.0 Å². The first kappa shape index (κ1) is 20.9. The average molecular weight is 395 g/mol. The van der Waals surface area contributed by atoms with Crippen molar-refractivity contribution >= 4 is 11.8 Å². The van der Waals surface area contributed by atoms with Crippen molar-refractivity contribution in [3.05, 3.63) is 59.2 Å². The number of benzene rings is 2. The molecular weight excluding hydrogens is 366 g/mol. The zero-order valence-electron chi connectivity index (χ0n) is 17.4. The number of aryl methyl sites for hydroxylation is 1. The van der Waals surface area contributed by atoms with E-state index in [-0.39, 0.29) is 17.7 Å². The second kappa shape index (κ2) is 9.59. The molecule has 0 radical (unpaired) electrons. The Morgan fingerprint density at radius 3 is 2.28 bits per heavy atom. The largest absolute Gasteiger partial charge is 0.490 e. The lowest BCUT2D eigenvalue weighted by atomic mass is 9.97.